The smallest absolute Gasteiger partial charge is 0 e. The number of rotatable bonds is 0. The van der Waals surface area contributed by atoms with E-state index in [4.69, 9.17) is 0 Å². The van der Waals surface area contributed by atoms with Gasteiger partial charge < -0.3 is 17.8 Å². The van der Waals surface area contributed by atoms with Crippen LogP contribution in [0.5, 0.6) is 0 Å². The van der Waals surface area contributed by atoms with Crippen LogP contribution in [-0.4, -0.2) is 5.48 Å². The van der Waals surface area contributed by atoms with Gasteiger partial charge in [0.25, 0.3) is 0 Å². The van der Waals surface area contributed by atoms with Gasteiger partial charge in [-0.05, 0) is 0 Å². The first-order valence-corrected chi connectivity index (χ1v) is 0. The van der Waals surface area contributed by atoms with Crippen molar-refractivity contribution >= 4 is 0 Å². The predicted molar refractivity (Wildman–Crippen MR) is 12.5 cm³/mol. The molecule has 0 rings (SSSR count). The molecule has 0 unspecified atom stereocenters. The summed E-state index contributed by atoms with van der Waals surface area (Å²) in [5.74, 6) is 0. The maximum atomic E-state index is 0. The molecule has 0 radical (unpaired) electrons. The Labute approximate surface area is 38.9 Å². The minimum Gasteiger partial charge on any atom is -0.870 e. The molecule has 0 bridgehead atoms. The average Bonchev–Trinajstić information content (AvgIpc) is 0. The second kappa shape index (κ2) is 77.8. The first kappa shape index (κ1) is 194. The van der Waals surface area contributed by atoms with Gasteiger partial charge in [-0.2, -0.15) is 0 Å². The van der Waals surface area contributed by atoms with Gasteiger partial charge >= 0.3 is 0 Å². The SMILES string of the molecule is [NH2-].[NH2-].[OH-].[Pd]. The summed E-state index contributed by atoms with van der Waals surface area (Å²) in [6.45, 7) is 0. The van der Waals surface area contributed by atoms with Crippen LogP contribution >= 0.6 is 0 Å². The molecule has 0 aliphatic rings. The number of hydrogen-bond donors (Lipinski definition) is 0. The van der Waals surface area contributed by atoms with Crippen LogP contribution in [0.4, 0.5) is 0 Å². The summed E-state index contributed by atoms with van der Waals surface area (Å²) in [5.41, 5.74) is 0. The molecule has 0 aliphatic carbocycles. The fraction of sp³-hybridized carbons (Fsp3) is 0. The van der Waals surface area contributed by atoms with E-state index in [0.29, 0.717) is 0 Å². The molecule has 3 nitrogen and oxygen atoms in total. The molecule has 0 aliphatic heterocycles. The molecule has 34 valence electrons. The summed E-state index contributed by atoms with van der Waals surface area (Å²) in [6.07, 6.45) is 0. The zero-order chi connectivity index (χ0) is 0. The molecule has 0 spiro atoms. The molecular weight excluding hydrogens is 150 g/mol. The van der Waals surface area contributed by atoms with E-state index in [2.05, 4.69) is 0 Å². The maximum absolute atomic E-state index is 0. The van der Waals surface area contributed by atoms with E-state index in [0.717, 1.165) is 0 Å². The molecule has 0 aromatic carbocycles. The first-order chi connectivity index (χ1) is 0. The van der Waals surface area contributed by atoms with Crippen molar-refractivity contribution in [1.29, 1.82) is 0 Å². The van der Waals surface area contributed by atoms with Crippen LogP contribution in [0.3, 0.4) is 0 Å². The van der Waals surface area contributed by atoms with Crippen LogP contribution in [0.2, 0.25) is 0 Å². The Morgan fingerprint density at radius 3 is 0.750 bits per heavy atom. The van der Waals surface area contributed by atoms with Gasteiger partial charge in [0.05, 0.1) is 0 Å². The number of nitrogens with two attached hydrogens (primary N) is 2. The van der Waals surface area contributed by atoms with E-state index < -0.39 is 0 Å². The zero-order valence-corrected chi connectivity index (χ0v) is 3.47. The van der Waals surface area contributed by atoms with E-state index in [-0.39, 0.29) is 38.2 Å². The van der Waals surface area contributed by atoms with Gasteiger partial charge in [0.1, 0.15) is 0 Å². The van der Waals surface area contributed by atoms with Gasteiger partial charge in [-0.1, -0.05) is 0 Å². The summed E-state index contributed by atoms with van der Waals surface area (Å²) in [5, 5.41) is 0. The van der Waals surface area contributed by atoms with E-state index >= 15 is 0 Å². The van der Waals surface area contributed by atoms with Crippen LogP contribution in [0.1, 0.15) is 0 Å². The van der Waals surface area contributed by atoms with Crippen LogP contribution in [0, 0.1) is 0 Å². The quantitative estimate of drug-likeness (QED) is 0.483. The van der Waals surface area contributed by atoms with Crippen molar-refractivity contribution in [2.45, 2.75) is 0 Å². The van der Waals surface area contributed by atoms with Crippen LogP contribution in [-0.2, 0) is 20.4 Å². The molecule has 0 fully saturated rings. The molecule has 0 saturated carbocycles. The van der Waals surface area contributed by atoms with Crippen molar-refractivity contribution in [3.8, 4) is 0 Å². The minimum atomic E-state index is 0. The van der Waals surface area contributed by atoms with Gasteiger partial charge in [0.2, 0.25) is 0 Å². The van der Waals surface area contributed by atoms with Crippen molar-refractivity contribution in [3.63, 3.8) is 0 Å². The molecule has 0 heterocycles. The Bertz CT molecular complexity index is 6.00. The van der Waals surface area contributed by atoms with Crippen LogP contribution < -0.4 is 0 Å². The summed E-state index contributed by atoms with van der Waals surface area (Å²) in [7, 11) is 0. The van der Waals surface area contributed by atoms with Crippen molar-refractivity contribution in [2.24, 2.45) is 0 Å². The van der Waals surface area contributed by atoms with E-state index in [1.54, 1.807) is 0 Å². The molecule has 5 N–H and O–H groups in total. The Morgan fingerprint density at radius 2 is 0.750 bits per heavy atom. The Morgan fingerprint density at radius 1 is 0.750 bits per heavy atom. The summed E-state index contributed by atoms with van der Waals surface area (Å²) in [6, 6.07) is 0. The molecule has 4 heavy (non-hydrogen) atoms. The predicted octanol–water partition coefficient (Wildman–Crippen LogP) is 1.25. The molecular formula is H5N2OPd-3. The Kier molecular flexibility index (Phi) is 3770. The van der Waals surface area contributed by atoms with Crippen molar-refractivity contribution in [2.75, 3.05) is 0 Å². The van der Waals surface area contributed by atoms with Gasteiger partial charge in [-0.3, -0.25) is 0 Å². The summed E-state index contributed by atoms with van der Waals surface area (Å²) in [4.78, 5) is 0. The Hall–Kier alpha value is 0.542. The maximum Gasteiger partial charge on any atom is 0 e. The van der Waals surface area contributed by atoms with Crippen LogP contribution in [0.15, 0.2) is 0 Å². The second-order valence-corrected chi connectivity index (χ2v) is 0. The van der Waals surface area contributed by atoms with Crippen molar-refractivity contribution in [3.05, 3.63) is 12.3 Å². The summed E-state index contributed by atoms with van der Waals surface area (Å²) >= 11 is 0. The molecule has 0 atom stereocenters. The standard InChI is InChI=1S/2H2N.H2O.Pd/h3*1H2;/q2*-1;;/p-1. The van der Waals surface area contributed by atoms with Crippen molar-refractivity contribution in [1.82, 2.24) is 0 Å². The first-order valence-electron chi connectivity index (χ1n) is 0. The second-order valence-electron chi connectivity index (χ2n) is 0. The fourth-order valence-electron chi connectivity index (χ4n) is 0. The average molecular weight is 155 g/mol. The zero-order valence-electron chi connectivity index (χ0n) is 1.92. The number of hydrogen-bond acceptors (Lipinski definition) is 1. The molecule has 0 aromatic rings. The third kappa shape index (κ3) is 20.6. The molecule has 0 amide bonds. The van der Waals surface area contributed by atoms with E-state index in [1.807, 2.05) is 0 Å². The van der Waals surface area contributed by atoms with E-state index in [9.17, 15) is 0 Å². The third-order valence-electron chi connectivity index (χ3n) is 0. The largest absolute Gasteiger partial charge is 0.870 e. The van der Waals surface area contributed by atoms with Gasteiger partial charge in [-0.15, -0.1) is 0 Å². The molecule has 4 heteroatoms. The van der Waals surface area contributed by atoms with Gasteiger partial charge in [0, 0.05) is 20.4 Å². The minimum absolute atomic E-state index is 0. The topological polar surface area (TPSA) is 97.0 Å². The van der Waals surface area contributed by atoms with Gasteiger partial charge in [0.15, 0.2) is 0 Å². The normalized spacial score (nSPS) is 0. The molecule has 0 aromatic heterocycles. The third-order valence-corrected chi connectivity index (χ3v) is 0. The summed E-state index contributed by atoms with van der Waals surface area (Å²) < 4.78 is 0. The van der Waals surface area contributed by atoms with E-state index in [1.165, 1.54) is 0 Å². The molecule has 0 saturated heterocycles. The van der Waals surface area contributed by atoms with Gasteiger partial charge in [-0.25, -0.2) is 0 Å². The fourth-order valence-corrected chi connectivity index (χ4v) is 0. The van der Waals surface area contributed by atoms with Crippen LogP contribution in [0.25, 0.3) is 12.3 Å². The monoisotopic (exact) mass is 155 g/mol. The Balaban J connectivity index is 0. The van der Waals surface area contributed by atoms with Crippen molar-refractivity contribution < 1.29 is 25.9 Å².